The summed E-state index contributed by atoms with van der Waals surface area (Å²) in [6.07, 6.45) is 0. The average molecular weight is 220 g/mol. The van der Waals surface area contributed by atoms with Crippen LogP contribution in [0.4, 0.5) is 5.69 Å². The number of rotatable bonds is 4. The van der Waals surface area contributed by atoms with Crippen LogP contribution in [0, 0.1) is 20.8 Å². The fraction of sp³-hybridized carbons (Fsp3) is 0.462. The summed E-state index contributed by atoms with van der Waals surface area (Å²) < 4.78 is 0. The second-order valence-corrected chi connectivity index (χ2v) is 4.01. The van der Waals surface area contributed by atoms with Crippen molar-refractivity contribution in [1.82, 2.24) is 5.32 Å². The molecule has 0 fully saturated rings. The van der Waals surface area contributed by atoms with Gasteiger partial charge in [0.1, 0.15) is 0 Å². The Labute approximate surface area is 97.2 Å². The van der Waals surface area contributed by atoms with Gasteiger partial charge in [0.05, 0.1) is 6.54 Å². The number of hydrogen-bond acceptors (Lipinski definition) is 2. The Morgan fingerprint density at radius 3 is 2.50 bits per heavy atom. The predicted octanol–water partition coefficient (Wildman–Crippen LogP) is 2.16. The molecule has 2 N–H and O–H groups in total. The first-order valence-electron chi connectivity index (χ1n) is 5.63. The molecule has 0 heterocycles. The average Bonchev–Trinajstić information content (AvgIpc) is 2.27. The largest absolute Gasteiger partial charge is 0.325 e. The summed E-state index contributed by atoms with van der Waals surface area (Å²) in [6, 6.07) is 3.99. The van der Waals surface area contributed by atoms with Gasteiger partial charge in [0, 0.05) is 5.69 Å². The van der Waals surface area contributed by atoms with Crippen molar-refractivity contribution >= 4 is 11.6 Å². The molecule has 0 aliphatic carbocycles. The Bertz CT molecular complexity index is 386. The van der Waals surface area contributed by atoms with Crippen LogP contribution < -0.4 is 10.6 Å². The highest BCUT2D eigenvalue weighted by Crippen LogP contribution is 2.21. The van der Waals surface area contributed by atoms with Gasteiger partial charge in [0.25, 0.3) is 0 Å². The van der Waals surface area contributed by atoms with Gasteiger partial charge < -0.3 is 10.6 Å². The molecule has 0 spiro atoms. The van der Waals surface area contributed by atoms with Crippen molar-refractivity contribution in [3.63, 3.8) is 0 Å². The van der Waals surface area contributed by atoms with E-state index in [2.05, 4.69) is 24.5 Å². The maximum Gasteiger partial charge on any atom is 0.238 e. The first kappa shape index (κ1) is 12.7. The lowest BCUT2D eigenvalue weighted by Crippen LogP contribution is -2.28. The number of nitrogens with one attached hydrogen (secondary N) is 2. The van der Waals surface area contributed by atoms with Crippen molar-refractivity contribution in [1.29, 1.82) is 0 Å². The molecule has 3 heteroatoms. The van der Waals surface area contributed by atoms with E-state index >= 15 is 0 Å². The van der Waals surface area contributed by atoms with Crippen molar-refractivity contribution in [2.24, 2.45) is 0 Å². The molecule has 0 atom stereocenters. The van der Waals surface area contributed by atoms with Crippen molar-refractivity contribution in [2.45, 2.75) is 27.7 Å². The maximum atomic E-state index is 11.5. The molecule has 0 saturated heterocycles. The number of benzene rings is 1. The minimum Gasteiger partial charge on any atom is -0.325 e. The lowest BCUT2D eigenvalue weighted by Gasteiger charge is -2.12. The van der Waals surface area contributed by atoms with Crippen LogP contribution in [-0.4, -0.2) is 19.0 Å². The topological polar surface area (TPSA) is 41.1 Å². The van der Waals surface area contributed by atoms with Gasteiger partial charge in [-0.15, -0.1) is 0 Å². The zero-order chi connectivity index (χ0) is 12.1. The molecule has 0 unspecified atom stereocenters. The summed E-state index contributed by atoms with van der Waals surface area (Å²) in [5.74, 6) is 0.00760. The van der Waals surface area contributed by atoms with Crippen LogP contribution in [0.1, 0.15) is 23.6 Å². The summed E-state index contributed by atoms with van der Waals surface area (Å²) in [4.78, 5) is 11.5. The zero-order valence-electron chi connectivity index (χ0n) is 10.5. The summed E-state index contributed by atoms with van der Waals surface area (Å²) in [5, 5.41) is 5.91. The molecule has 88 valence electrons. The van der Waals surface area contributed by atoms with Crippen molar-refractivity contribution in [2.75, 3.05) is 18.4 Å². The van der Waals surface area contributed by atoms with Crippen molar-refractivity contribution in [3.8, 4) is 0 Å². The molecule has 3 nitrogen and oxygen atoms in total. The minimum absolute atomic E-state index is 0.00760. The summed E-state index contributed by atoms with van der Waals surface area (Å²) in [7, 11) is 0. The van der Waals surface area contributed by atoms with Crippen molar-refractivity contribution in [3.05, 3.63) is 28.8 Å². The van der Waals surface area contributed by atoms with E-state index in [1.807, 2.05) is 26.0 Å². The minimum atomic E-state index is 0.00760. The van der Waals surface area contributed by atoms with E-state index < -0.39 is 0 Å². The number of hydrogen-bond donors (Lipinski definition) is 2. The van der Waals surface area contributed by atoms with Crippen LogP contribution in [0.25, 0.3) is 0 Å². The second kappa shape index (κ2) is 5.66. The van der Waals surface area contributed by atoms with E-state index in [4.69, 9.17) is 0 Å². The summed E-state index contributed by atoms with van der Waals surface area (Å²) in [6.45, 7) is 9.33. The van der Waals surface area contributed by atoms with Gasteiger partial charge in [-0.3, -0.25) is 4.79 Å². The molecule has 16 heavy (non-hydrogen) atoms. The van der Waals surface area contributed by atoms with Gasteiger partial charge in [-0.2, -0.15) is 0 Å². The molecule has 0 bridgehead atoms. The van der Waals surface area contributed by atoms with Crippen LogP contribution in [0.5, 0.6) is 0 Å². The number of carbonyl (C=O) groups excluding carboxylic acids is 1. The smallest absolute Gasteiger partial charge is 0.238 e. The first-order valence-corrected chi connectivity index (χ1v) is 5.63. The van der Waals surface area contributed by atoms with E-state index in [0.717, 1.165) is 17.8 Å². The number of amides is 1. The molecular weight excluding hydrogens is 200 g/mol. The summed E-state index contributed by atoms with van der Waals surface area (Å²) in [5.41, 5.74) is 4.54. The molecule has 0 radical (unpaired) electrons. The zero-order valence-corrected chi connectivity index (χ0v) is 10.5. The van der Waals surface area contributed by atoms with Gasteiger partial charge in [-0.05, 0) is 50.1 Å². The van der Waals surface area contributed by atoms with Gasteiger partial charge in [0.15, 0.2) is 0 Å². The number of aryl methyl sites for hydroxylation is 1. The molecule has 1 aromatic carbocycles. The van der Waals surface area contributed by atoms with E-state index in [9.17, 15) is 4.79 Å². The highest BCUT2D eigenvalue weighted by atomic mass is 16.1. The fourth-order valence-electron chi connectivity index (χ4n) is 1.52. The molecule has 0 saturated carbocycles. The Morgan fingerprint density at radius 1 is 1.19 bits per heavy atom. The van der Waals surface area contributed by atoms with Crippen LogP contribution in [-0.2, 0) is 4.79 Å². The number of carbonyl (C=O) groups is 1. The Kier molecular flexibility index (Phi) is 4.50. The van der Waals surface area contributed by atoms with Gasteiger partial charge in [-0.1, -0.05) is 13.0 Å². The van der Waals surface area contributed by atoms with E-state index in [1.165, 1.54) is 11.1 Å². The van der Waals surface area contributed by atoms with E-state index in [1.54, 1.807) is 0 Å². The summed E-state index contributed by atoms with van der Waals surface area (Å²) >= 11 is 0. The molecule has 1 rings (SSSR count). The lowest BCUT2D eigenvalue weighted by atomic mass is 10.0. The monoisotopic (exact) mass is 220 g/mol. The first-order chi connectivity index (χ1) is 7.56. The number of likely N-dealkylation sites (N-methyl/N-ethyl adjacent to an activating group) is 1. The molecule has 0 aliphatic heterocycles. The highest BCUT2D eigenvalue weighted by molar-refractivity contribution is 5.93. The highest BCUT2D eigenvalue weighted by Gasteiger charge is 2.06. The van der Waals surface area contributed by atoms with Crippen LogP contribution >= 0.6 is 0 Å². The quantitative estimate of drug-likeness (QED) is 0.816. The SMILES string of the molecule is CCNCC(=O)Nc1ccc(C)c(C)c1C. The van der Waals surface area contributed by atoms with E-state index in [-0.39, 0.29) is 5.91 Å². The van der Waals surface area contributed by atoms with E-state index in [0.29, 0.717) is 6.54 Å². The normalized spacial score (nSPS) is 10.2. The van der Waals surface area contributed by atoms with Crippen LogP contribution in [0.2, 0.25) is 0 Å². The molecule has 0 aliphatic rings. The Balaban J connectivity index is 2.74. The van der Waals surface area contributed by atoms with Crippen molar-refractivity contribution < 1.29 is 4.79 Å². The molecule has 1 amide bonds. The number of anilines is 1. The molecule has 0 aromatic heterocycles. The third-order valence-electron chi connectivity index (χ3n) is 2.87. The lowest BCUT2D eigenvalue weighted by molar-refractivity contribution is -0.115. The Morgan fingerprint density at radius 2 is 1.88 bits per heavy atom. The second-order valence-electron chi connectivity index (χ2n) is 4.01. The predicted molar refractivity (Wildman–Crippen MR) is 67.8 cm³/mol. The van der Waals surface area contributed by atoms with Crippen LogP contribution in [0.15, 0.2) is 12.1 Å². The Hall–Kier alpha value is -1.35. The molecule has 1 aromatic rings. The van der Waals surface area contributed by atoms with Crippen LogP contribution in [0.3, 0.4) is 0 Å². The van der Waals surface area contributed by atoms with Gasteiger partial charge in [0.2, 0.25) is 5.91 Å². The maximum absolute atomic E-state index is 11.5. The standard InChI is InChI=1S/C13H20N2O/c1-5-14-8-13(16)15-12-7-6-9(2)10(3)11(12)4/h6-7,14H,5,8H2,1-4H3,(H,15,16). The third-order valence-corrected chi connectivity index (χ3v) is 2.87. The molecular formula is C13H20N2O. The van der Waals surface area contributed by atoms with Gasteiger partial charge in [-0.25, -0.2) is 0 Å². The third kappa shape index (κ3) is 3.07. The van der Waals surface area contributed by atoms with Gasteiger partial charge >= 0.3 is 0 Å². The fourth-order valence-corrected chi connectivity index (χ4v) is 1.52.